The second-order valence-electron chi connectivity index (χ2n) is 8.67. The molecule has 5 rings (SSSR count). The van der Waals surface area contributed by atoms with Crippen LogP contribution in [0.15, 0.2) is 95.6 Å². The highest BCUT2D eigenvalue weighted by molar-refractivity contribution is 7.92. The maximum Gasteiger partial charge on any atom is 0.263 e. The van der Waals surface area contributed by atoms with Gasteiger partial charge in [0.05, 0.1) is 30.1 Å². The summed E-state index contributed by atoms with van der Waals surface area (Å²) >= 11 is 0. The molecule has 3 aromatic carbocycles. The number of rotatable bonds is 8. The van der Waals surface area contributed by atoms with Crippen molar-refractivity contribution in [3.05, 3.63) is 90.7 Å². The van der Waals surface area contributed by atoms with Gasteiger partial charge in [-0.05, 0) is 42.8 Å². The lowest BCUT2D eigenvalue weighted by molar-refractivity contribution is 0.395. The average Bonchev–Trinajstić information content (AvgIpc) is 2.93. The van der Waals surface area contributed by atoms with Crippen molar-refractivity contribution in [3.63, 3.8) is 0 Å². The van der Waals surface area contributed by atoms with Crippen LogP contribution in [0.5, 0.6) is 11.5 Å². The standard InChI is InChI=1S/C28H27N5O4S/c1-19-8-7-13-33(18-19)21-9-6-10-24(16-21)38(34,35)32-28-27(30-25-11-4-5-12-26(25)31-28)29-20-14-22(36-2)17-23(15-20)37-3/h4-12,14-18H,13H2,1-3H3,(H,29,30)(H,31,32). The maximum atomic E-state index is 13.5. The van der Waals surface area contributed by atoms with Crippen LogP contribution in [0, 0.1) is 0 Å². The number of hydrogen-bond acceptors (Lipinski definition) is 8. The van der Waals surface area contributed by atoms with Crippen molar-refractivity contribution < 1.29 is 17.9 Å². The van der Waals surface area contributed by atoms with E-state index in [1.54, 1.807) is 56.7 Å². The normalized spacial score (nSPS) is 13.2. The van der Waals surface area contributed by atoms with Gasteiger partial charge in [0.2, 0.25) is 0 Å². The minimum atomic E-state index is -4.00. The highest BCUT2D eigenvalue weighted by Crippen LogP contribution is 2.32. The molecule has 38 heavy (non-hydrogen) atoms. The Bertz CT molecular complexity index is 1650. The summed E-state index contributed by atoms with van der Waals surface area (Å²) in [5, 5.41) is 3.17. The van der Waals surface area contributed by atoms with Crippen LogP contribution < -0.4 is 24.4 Å². The Morgan fingerprint density at radius 1 is 0.868 bits per heavy atom. The average molecular weight is 530 g/mol. The van der Waals surface area contributed by atoms with Crippen LogP contribution in [0.1, 0.15) is 6.92 Å². The van der Waals surface area contributed by atoms with E-state index in [9.17, 15) is 8.42 Å². The molecule has 0 saturated heterocycles. The Hall–Kier alpha value is -4.57. The molecule has 0 saturated carbocycles. The monoisotopic (exact) mass is 529 g/mol. The van der Waals surface area contributed by atoms with Crippen molar-refractivity contribution in [1.82, 2.24) is 9.97 Å². The van der Waals surface area contributed by atoms with Crippen molar-refractivity contribution in [2.75, 3.05) is 35.7 Å². The minimum absolute atomic E-state index is 0.0625. The first-order valence-corrected chi connectivity index (χ1v) is 13.3. The molecule has 0 unspecified atom stereocenters. The smallest absolute Gasteiger partial charge is 0.263 e. The number of fused-ring (bicyclic) bond motifs is 1. The molecule has 1 aliphatic rings. The first kappa shape index (κ1) is 25.1. The van der Waals surface area contributed by atoms with Gasteiger partial charge in [-0.15, -0.1) is 0 Å². The molecule has 0 amide bonds. The van der Waals surface area contributed by atoms with E-state index in [0.717, 1.165) is 11.3 Å². The zero-order valence-electron chi connectivity index (χ0n) is 21.2. The molecular formula is C28H27N5O4S. The third-order valence-electron chi connectivity index (χ3n) is 5.92. The summed E-state index contributed by atoms with van der Waals surface area (Å²) < 4.78 is 40.5. The molecular weight excluding hydrogens is 502 g/mol. The molecule has 2 heterocycles. The van der Waals surface area contributed by atoms with Crippen LogP contribution in [0.25, 0.3) is 11.0 Å². The molecule has 10 heteroatoms. The van der Waals surface area contributed by atoms with Crippen LogP contribution in [0.3, 0.4) is 0 Å². The molecule has 0 spiro atoms. The molecule has 0 fully saturated rings. The van der Waals surface area contributed by atoms with E-state index in [1.807, 2.05) is 54.4 Å². The van der Waals surface area contributed by atoms with Crippen molar-refractivity contribution in [2.24, 2.45) is 0 Å². The Kier molecular flexibility index (Phi) is 6.89. The summed E-state index contributed by atoms with van der Waals surface area (Å²) in [6.07, 6.45) is 6.05. The van der Waals surface area contributed by atoms with Gasteiger partial charge in [0.15, 0.2) is 11.6 Å². The second kappa shape index (κ2) is 10.4. The van der Waals surface area contributed by atoms with Gasteiger partial charge in [-0.2, -0.15) is 0 Å². The lowest BCUT2D eigenvalue weighted by Crippen LogP contribution is -2.20. The van der Waals surface area contributed by atoms with Crippen molar-refractivity contribution >= 4 is 44.1 Å². The van der Waals surface area contributed by atoms with E-state index in [1.165, 1.54) is 0 Å². The van der Waals surface area contributed by atoms with Crippen molar-refractivity contribution in [3.8, 4) is 11.5 Å². The van der Waals surface area contributed by atoms with Gasteiger partial charge in [-0.3, -0.25) is 4.72 Å². The summed E-state index contributed by atoms with van der Waals surface area (Å²) in [6.45, 7) is 2.65. The largest absolute Gasteiger partial charge is 0.497 e. The fraction of sp³-hybridized carbons (Fsp3) is 0.143. The van der Waals surface area contributed by atoms with Gasteiger partial charge in [-0.25, -0.2) is 18.4 Å². The number of para-hydroxylation sites is 2. The number of nitrogens with zero attached hydrogens (tertiary/aromatic N) is 3. The van der Waals surface area contributed by atoms with Gasteiger partial charge >= 0.3 is 0 Å². The summed E-state index contributed by atoms with van der Waals surface area (Å²) in [5.74, 6) is 1.43. The minimum Gasteiger partial charge on any atom is -0.497 e. The van der Waals surface area contributed by atoms with Gasteiger partial charge in [0.1, 0.15) is 11.5 Å². The number of methoxy groups -OCH3 is 2. The Labute approximate surface area is 221 Å². The summed E-state index contributed by atoms with van der Waals surface area (Å²) in [4.78, 5) is 11.3. The van der Waals surface area contributed by atoms with Crippen LogP contribution in [0.2, 0.25) is 0 Å². The molecule has 9 nitrogen and oxygen atoms in total. The predicted octanol–water partition coefficient (Wildman–Crippen LogP) is 5.47. The van der Waals surface area contributed by atoms with Crippen molar-refractivity contribution in [2.45, 2.75) is 11.8 Å². The maximum absolute atomic E-state index is 13.5. The topological polar surface area (TPSA) is 106 Å². The predicted molar refractivity (Wildman–Crippen MR) is 150 cm³/mol. The molecule has 1 aliphatic heterocycles. The van der Waals surface area contributed by atoms with Crippen LogP contribution in [-0.2, 0) is 10.0 Å². The highest BCUT2D eigenvalue weighted by atomic mass is 32.2. The lowest BCUT2D eigenvalue weighted by atomic mass is 10.2. The molecule has 0 atom stereocenters. The van der Waals surface area contributed by atoms with Gasteiger partial charge < -0.3 is 19.7 Å². The van der Waals surface area contributed by atoms with E-state index in [0.29, 0.717) is 34.8 Å². The van der Waals surface area contributed by atoms with E-state index in [-0.39, 0.29) is 16.5 Å². The van der Waals surface area contributed by atoms with E-state index < -0.39 is 10.0 Å². The number of allylic oxidation sites excluding steroid dienone is 2. The number of benzene rings is 3. The molecule has 1 aromatic heterocycles. The molecule has 4 aromatic rings. The number of aromatic nitrogens is 2. The molecule has 0 aliphatic carbocycles. The Morgan fingerprint density at radius 3 is 2.21 bits per heavy atom. The number of sulfonamides is 1. The Morgan fingerprint density at radius 2 is 1.55 bits per heavy atom. The summed E-state index contributed by atoms with van der Waals surface area (Å²) in [7, 11) is -0.895. The highest BCUT2D eigenvalue weighted by Gasteiger charge is 2.21. The zero-order valence-corrected chi connectivity index (χ0v) is 22.0. The second-order valence-corrected chi connectivity index (χ2v) is 10.3. The SMILES string of the molecule is COc1cc(Nc2nc3ccccc3nc2NS(=O)(=O)c2cccc(N3C=C(C)C=CC3)c2)cc(OC)c1. The third kappa shape index (κ3) is 5.40. The Balaban J connectivity index is 1.52. The number of nitrogens with one attached hydrogen (secondary N) is 2. The van der Waals surface area contributed by atoms with E-state index >= 15 is 0 Å². The van der Waals surface area contributed by atoms with Crippen LogP contribution >= 0.6 is 0 Å². The molecule has 0 bridgehead atoms. The van der Waals surface area contributed by atoms with Crippen LogP contribution in [0.4, 0.5) is 23.0 Å². The molecule has 194 valence electrons. The lowest BCUT2D eigenvalue weighted by Gasteiger charge is -2.23. The van der Waals surface area contributed by atoms with E-state index in [4.69, 9.17) is 9.47 Å². The van der Waals surface area contributed by atoms with Gasteiger partial charge in [-0.1, -0.05) is 30.4 Å². The summed E-state index contributed by atoms with van der Waals surface area (Å²) in [5.41, 5.74) is 3.60. The van der Waals surface area contributed by atoms with Gasteiger partial charge in [0, 0.05) is 42.3 Å². The third-order valence-corrected chi connectivity index (χ3v) is 7.25. The molecule has 0 radical (unpaired) electrons. The quantitative estimate of drug-likeness (QED) is 0.310. The fourth-order valence-corrected chi connectivity index (χ4v) is 5.11. The first-order valence-electron chi connectivity index (χ1n) is 11.9. The van der Waals surface area contributed by atoms with Crippen LogP contribution in [-0.4, -0.2) is 39.2 Å². The number of ether oxygens (including phenoxy) is 2. The van der Waals surface area contributed by atoms with E-state index in [2.05, 4.69) is 20.0 Å². The fourth-order valence-electron chi connectivity index (χ4n) is 4.06. The molecule has 2 N–H and O–H groups in total. The number of hydrogen-bond donors (Lipinski definition) is 2. The van der Waals surface area contributed by atoms with Crippen molar-refractivity contribution in [1.29, 1.82) is 0 Å². The first-order chi connectivity index (χ1) is 18.3. The zero-order chi connectivity index (χ0) is 26.7. The van der Waals surface area contributed by atoms with Gasteiger partial charge in [0.25, 0.3) is 10.0 Å². The summed E-state index contributed by atoms with van der Waals surface area (Å²) in [6, 6.07) is 19.3. The number of anilines is 4.